The van der Waals surface area contributed by atoms with Gasteiger partial charge in [-0.2, -0.15) is 0 Å². The largest absolute Gasteiger partial charge is 0.368 e. The number of halogens is 3. The summed E-state index contributed by atoms with van der Waals surface area (Å²) in [5.41, 5.74) is 3.43. The van der Waals surface area contributed by atoms with E-state index < -0.39 is 0 Å². The minimum Gasteiger partial charge on any atom is -0.368 e. The second kappa shape index (κ2) is 10.7. The lowest BCUT2D eigenvalue weighted by Crippen LogP contribution is -2.24. The number of nitrogens with one attached hydrogen (secondary N) is 1. The number of unbranched alkanes of at least 4 members (excludes halogenated alkanes) is 1. The Balaban J connectivity index is 1.69. The maximum Gasteiger partial charge on any atom is 0.154 e. The van der Waals surface area contributed by atoms with Crippen molar-refractivity contribution in [3.05, 3.63) is 51.0 Å². The third-order valence-electron chi connectivity index (χ3n) is 5.91. The third kappa shape index (κ3) is 5.39. The first kappa shape index (κ1) is 24.5. The van der Waals surface area contributed by atoms with Crippen molar-refractivity contribution in [2.45, 2.75) is 33.6 Å². The lowest BCUT2D eigenvalue weighted by Gasteiger charge is -2.18. The smallest absolute Gasteiger partial charge is 0.154 e. The molecule has 0 saturated heterocycles. The Morgan fingerprint density at radius 3 is 2.33 bits per heavy atom. The Morgan fingerprint density at radius 2 is 1.64 bits per heavy atom. The zero-order chi connectivity index (χ0) is 23.5. The van der Waals surface area contributed by atoms with Crippen LogP contribution in [0, 0.1) is 6.92 Å². The van der Waals surface area contributed by atoms with Gasteiger partial charge < -0.3 is 10.2 Å². The Morgan fingerprint density at radius 1 is 0.939 bits per heavy atom. The average Bonchev–Trinajstić information content (AvgIpc) is 3.12. The van der Waals surface area contributed by atoms with Gasteiger partial charge in [0.15, 0.2) is 5.82 Å². The number of hydrogen-bond acceptors (Lipinski definition) is 5. The summed E-state index contributed by atoms with van der Waals surface area (Å²) in [4.78, 5) is 13.4. The number of anilines is 1. The molecule has 0 amide bonds. The minimum absolute atomic E-state index is 0.473. The van der Waals surface area contributed by atoms with Gasteiger partial charge in [0.2, 0.25) is 0 Å². The molecule has 2 aromatic carbocycles. The number of benzene rings is 2. The van der Waals surface area contributed by atoms with Gasteiger partial charge in [-0.25, -0.2) is 9.97 Å². The molecule has 0 spiro atoms. The molecule has 8 heteroatoms. The van der Waals surface area contributed by atoms with Crippen LogP contribution < -0.4 is 5.32 Å². The van der Waals surface area contributed by atoms with Gasteiger partial charge >= 0.3 is 0 Å². The summed E-state index contributed by atoms with van der Waals surface area (Å²) in [6, 6.07) is 9.55. The van der Waals surface area contributed by atoms with Gasteiger partial charge in [-0.3, -0.25) is 0 Å². The third-order valence-corrected chi connectivity index (χ3v) is 8.14. The predicted molar refractivity (Wildman–Crippen MR) is 146 cm³/mol. The van der Waals surface area contributed by atoms with E-state index in [2.05, 4.69) is 37.1 Å². The summed E-state index contributed by atoms with van der Waals surface area (Å²) >= 11 is 20.5. The molecule has 4 aromatic rings. The zero-order valence-corrected chi connectivity index (χ0v) is 22.1. The molecule has 4 rings (SSSR count). The Hall–Kier alpha value is -1.63. The normalized spacial score (nSPS) is 11.7. The van der Waals surface area contributed by atoms with Crippen LogP contribution in [-0.2, 0) is 0 Å². The van der Waals surface area contributed by atoms with E-state index in [1.54, 1.807) is 23.5 Å². The summed E-state index contributed by atoms with van der Waals surface area (Å²) in [5, 5.41) is 6.36. The first-order valence-electron chi connectivity index (χ1n) is 11.2. The van der Waals surface area contributed by atoms with E-state index in [1.165, 1.54) is 4.70 Å². The second-order valence-corrected chi connectivity index (χ2v) is 10.3. The molecule has 0 saturated carbocycles. The van der Waals surface area contributed by atoms with E-state index in [0.717, 1.165) is 82.4 Å². The predicted octanol–water partition coefficient (Wildman–Crippen LogP) is 8.31. The fraction of sp³-hybridized carbons (Fsp3) is 0.360. The molecule has 0 radical (unpaired) electrons. The van der Waals surface area contributed by atoms with Crippen molar-refractivity contribution < 1.29 is 0 Å². The molecule has 0 unspecified atom stereocenters. The minimum atomic E-state index is 0.473. The number of nitrogens with zero attached hydrogens (tertiary/aromatic N) is 3. The standard InChI is InChI=1S/C25H27Cl3N4S/c1-4-32(5-2)11-7-6-10-29-25-23(30-20-13-18(27)19(28)14-21(20)31-25)24-15(3)17-12-16(26)8-9-22(17)33-24/h8-9,12-14H,4-7,10-11H2,1-3H3,(H,29,31). The van der Waals surface area contributed by atoms with Crippen molar-refractivity contribution in [3.8, 4) is 10.6 Å². The van der Waals surface area contributed by atoms with Gasteiger partial charge in [-0.1, -0.05) is 48.7 Å². The van der Waals surface area contributed by atoms with Gasteiger partial charge in [0.25, 0.3) is 0 Å². The number of aryl methyl sites for hydroxylation is 1. The van der Waals surface area contributed by atoms with Crippen molar-refractivity contribution in [2.24, 2.45) is 0 Å². The maximum absolute atomic E-state index is 6.28. The van der Waals surface area contributed by atoms with Gasteiger partial charge in [-0.05, 0) is 80.7 Å². The number of aromatic nitrogens is 2. The van der Waals surface area contributed by atoms with Gasteiger partial charge in [-0.15, -0.1) is 11.3 Å². The molecular formula is C25H27Cl3N4S. The van der Waals surface area contributed by atoms with Crippen molar-refractivity contribution >= 4 is 73.1 Å². The quantitative estimate of drug-likeness (QED) is 0.225. The van der Waals surface area contributed by atoms with Crippen LogP contribution in [0.2, 0.25) is 15.1 Å². The van der Waals surface area contributed by atoms with Crippen molar-refractivity contribution in [1.29, 1.82) is 0 Å². The van der Waals surface area contributed by atoms with E-state index >= 15 is 0 Å². The van der Waals surface area contributed by atoms with Crippen LogP contribution in [0.1, 0.15) is 32.3 Å². The van der Waals surface area contributed by atoms with Crippen molar-refractivity contribution in [3.63, 3.8) is 0 Å². The zero-order valence-electron chi connectivity index (χ0n) is 19.0. The van der Waals surface area contributed by atoms with Crippen molar-refractivity contribution in [1.82, 2.24) is 14.9 Å². The number of rotatable bonds is 9. The molecule has 0 atom stereocenters. The summed E-state index contributed by atoms with van der Waals surface area (Å²) in [6.07, 6.45) is 2.19. The lowest BCUT2D eigenvalue weighted by atomic mass is 10.1. The maximum atomic E-state index is 6.28. The van der Waals surface area contributed by atoms with Gasteiger partial charge in [0.05, 0.1) is 26.0 Å². The molecule has 0 bridgehead atoms. The molecule has 0 aliphatic carbocycles. The first-order chi connectivity index (χ1) is 15.9. The second-order valence-electron chi connectivity index (χ2n) is 8.03. The van der Waals surface area contributed by atoms with Crippen LogP contribution in [0.15, 0.2) is 30.3 Å². The highest BCUT2D eigenvalue weighted by Gasteiger charge is 2.18. The first-order valence-corrected chi connectivity index (χ1v) is 13.2. The Kier molecular flexibility index (Phi) is 7.98. The van der Waals surface area contributed by atoms with E-state index in [1.807, 2.05) is 12.1 Å². The molecule has 1 N–H and O–H groups in total. The highest BCUT2D eigenvalue weighted by molar-refractivity contribution is 7.22. The number of thiophene rings is 1. The molecule has 33 heavy (non-hydrogen) atoms. The number of hydrogen-bond donors (Lipinski definition) is 1. The summed E-state index contributed by atoms with van der Waals surface area (Å²) in [7, 11) is 0. The highest BCUT2D eigenvalue weighted by Crippen LogP contribution is 2.41. The van der Waals surface area contributed by atoms with Crippen molar-refractivity contribution in [2.75, 3.05) is 31.5 Å². The molecule has 0 aliphatic rings. The molecule has 2 heterocycles. The average molecular weight is 522 g/mol. The van der Waals surface area contributed by atoms with E-state index in [-0.39, 0.29) is 0 Å². The summed E-state index contributed by atoms with van der Waals surface area (Å²) in [5.74, 6) is 0.768. The summed E-state index contributed by atoms with van der Waals surface area (Å²) in [6.45, 7) is 10.6. The van der Waals surface area contributed by atoms with Crippen LogP contribution in [0.3, 0.4) is 0 Å². The molecule has 4 nitrogen and oxygen atoms in total. The molecular weight excluding hydrogens is 495 g/mol. The highest BCUT2D eigenvalue weighted by atomic mass is 35.5. The fourth-order valence-corrected chi connectivity index (χ4v) is 5.63. The van der Waals surface area contributed by atoms with Crippen LogP contribution in [0.4, 0.5) is 5.82 Å². The number of fused-ring (bicyclic) bond motifs is 2. The van der Waals surface area contributed by atoms with E-state index in [9.17, 15) is 0 Å². The molecule has 174 valence electrons. The molecule has 0 aliphatic heterocycles. The Labute approximate surface area is 213 Å². The lowest BCUT2D eigenvalue weighted by molar-refractivity contribution is 0.298. The Bertz CT molecular complexity index is 1280. The van der Waals surface area contributed by atoms with Gasteiger partial charge in [0.1, 0.15) is 5.69 Å². The van der Waals surface area contributed by atoms with Gasteiger partial charge in [0, 0.05) is 16.3 Å². The van der Waals surface area contributed by atoms with Crippen LogP contribution >= 0.6 is 46.1 Å². The van der Waals surface area contributed by atoms with E-state index in [0.29, 0.717) is 10.0 Å². The fourth-order valence-electron chi connectivity index (χ4n) is 3.96. The summed E-state index contributed by atoms with van der Waals surface area (Å²) < 4.78 is 1.17. The topological polar surface area (TPSA) is 41.0 Å². The van der Waals surface area contributed by atoms with E-state index in [4.69, 9.17) is 44.8 Å². The SMILES string of the molecule is CCN(CC)CCCCNc1nc2cc(Cl)c(Cl)cc2nc1-c1sc2ccc(Cl)cc2c1C. The van der Waals surface area contributed by atoms with Crippen LogP contribution in [0.25, 0.3) is 31.7 Å². The van der Waals surface area contributed by atoms with Crippen LogP contribution in [0.5, 0.6) is 0 Å². The molecule has 0 fully saturated rings. The molecule has 2 aromatic heterocycles. The monoisotopic (exact) mass is 520 g/mol. The van der Waals surface area contributed by atoms with Crippen LogP contribution in [-0.4, -0.2) is 41.0 Å².